The maximum atomic E-state index is 11.9. The van der Waals surface area contributed by atoms with Crippen LogP contribution in [0, 0.1) is 10.1 Å². The first-order valence-corrected chi connectivity index (χ1v) is 4.06. The van der Waals surface area contributed by atoms with Gasteiger partial charge in [-0.3, -0.25) is 10.1 Å². The van der Waals surface area contributed by atoms with Gasteiger partial charge < -0.3 is 9.47 Å². The number of hydrogen-bond donors (Lipinski definition) is 0. The Morgan fingerprint density at radius 1 is 1.35 bits per heavy atom. The van der Waals surface area contributed by atoms with Gasteiger partial charge in [0.2, 0.25) is 12.6 Å². The molecule has 0 saturated carbocycles. The Balaban J connectivity index is 3.05. The zero-order valence-corrected chi connectivity index (χ0v) is 8.03. The fourth-order valence-corrected chi connectivity index (χ4v) is 1.02. The first kappa shape index (κ1) is 13.0. The zero-order chi connectivity index (χ0) is 13.1. The maximum absolute atomic E-state index is 11.9. The average molecular weight is 255 g/mol. The van der Waals surface area contributed by atoms with Crippen molar-refractivity contribution < 1.29 is 32.0 Å². The van der Waals surface area contributed by atoms with Gasteiger partial charge >= 0.3 is 12.0 Å². The third kappa shape index (κ3) is 3.78. The van der Waals surface area contributed by atoms with Crippen LogP contribution in [0.1, 0.15) is 0 Å². The lowest BCUT2D eigenvalue weighted by atomic mass is 10.3. The Morgan fingerprint density at radius 3 is 2.47 bits per heavy atom. The molecule has 0 aliphatic carbocycles. The smallest absolute Gasteiger partial charge is 0.456 e. The van der Waals surface area contributed by atoms with E-state index in [0.717, 1.165) is 12.1 Å². The van der Waals surface area contributed by atoms with Crippen LogP contribution in [0.5, 0.6) is 11.5 Å². The van der Waals surface area contributed by atoms with Crippen molar-refractivity contribution in [1.29, 1.82) is 0 Å². The van der Waals surface area contributed by atoms with Gasteiger partial charge in [0.15, 0.2) is 0 Å². The third-order valence-electron chi connectivity index (χ3n) is 1.57. The minimum Gasteiger partial charge on any atom is -0.456 e. The summed E-state index contributed by atoms with van der Waals surface area (Å²) < 4.78 is 55.1. The van der Waals surface area contributed by atoms with E-state index in [-0.39, 0.29) is 0 Å². The van der Waals surface area contributed by atoms with E-state index in [9.17, 15) is 27.7 Å². The van der Waals surface area contributed by atoms with Gasteiger partial charge in [-0.1, -0.05) is 0 Å². The van der Waals surface area contributed by atoms with E-state index in [1.807, 2.05) is 0 Å². The molecule has 0 spiro atoms. The van der Waals surface area contributed by atoms with E-state index in [1.54, 1.807) is 0 Å². The number of nitro groups is 1. The number of halogens is 4. The van der Waals surface area contributed by atoms with Crippen LogP contribution < -0.4 is 9.47 Å². The molecule has 0 radical (unpaired) electrons. The standard InChI is InChI=1S/C8H5F4NO4/c9-4-16-7-3-5(17-8(10,11)12)1-2-6(7)13(14)15/h1-3H,4H2. The molecule has 0 aromatic heterocycles. The molecule has 0 N–H and O–H groups in total. The molecular weight excluding hydrogens is 250 g/mol. The molecule has 0 aliphatic heterocycles. The molecule has 0 atom stereocenters. The lowest BCUT2D eigenvalue weighted by Gasteiger charge is -2.10. The van der Waals surface area contributed by atoms with Gasteiger partial charge in [0.1, 0.15) is 5.75 Å². The van der Waals surface area contributed by atoms with Gasteiger partial charge in [0.05, 0.1) is 4.92 Å². The molecule has 5 nitrogen and oxygen atoms in total. The second kappa shape index (κ2) is 4.85. The molecule has 9 heteroatoms. The van der Waals surface area contributed by atoms with Gasteiger partial charge in [-0.2, -0.15) is 0 Å². The van der Waals surface area contributed by atoms with Crippen LogP contribution in [0.15, 0.2) is 18.2 Å². The molecule has 1 aromatic carbocycles. The highest BCUT2D eigenvalue weighted by Crippen LogP contribution is 2.33. The first-order chi connectivity index (χ1) is 7.83. The van der Waals surface area contributed by atoms with Crippen molar-refractivity contribution in [2.45, 2.75) is 6.36 Å². The molecule has 1 aromatic rings. The van der Waals surface area contributed by atoms with Gasteiger partial charge in [-0.25, -0.2) is 4.39 Å². The van der Waals surface area contributed by atoms with Crippen molar-refractivity contribution in [3.8, 4) is 11.5 Å². The number of ether oxygens (including phenoxy) is 2. The van der Waals surface area contributed by atoms with Gasteiger partial charge in [-0.15, -0.1) is 13.2 Å². The predicted molar refractivity (Wildman–Crippen MR) is 46.4 cm³/mol. The van der Waals surface area contributed by atoms with Crippen LogP contribution >= 0.6 is 0 Å². The second-order valence-corrected chi connectivity index (χ2v) is 2.69. The predicted octanol–water partition coefficient (Wildman–Crippen LogP) is 2.80. The number of nitrogens with zero attached hydrogens (tertiary/aromatic N) is 1. The van der Waals surface area contributed by atoms with Crippen LogP contribution in [0.25, 0.3) is 0 Å². The van der Waals surface area contributed by atoms with E-state index < -0.39 is 35.3 Å². The summed E-state index contributed by atoms with van der Waals surface area (Å²) in [5, 5.41) is 10.4. The van der Waals surface area contributed by atoms with E-state index in [1.165, 1.54) is 0 Å². The summed E-state index contributed by atoms with van der Waals surface area (Å²) in [5.74, 6) is -1.37. The maximum Gasteiger partial charge on any atom is 0.573 e. The van der Waals surface area contributed by atoms with Crippen LogP contribution in [0.4, 0.5) is 23.2 Å². The summed E-state index contributed by atoms with van der Waals surface area (Å²) in [7, 11) is 0. The van der Waals surface area contributed by atoms with Crippen molar-refractivity contribution in [1.82, 2.24) is 0 Å². The van der Waals surface area contributed by atoms with Crippen molar-refractivity contribution in [3.63, 3.8) is 0 Å². The van der Waals surface area contributed by atoms with E-state index in [2.05, 4.69) is 9.47 Å². The summed E-state index contributed by atoms with van der Waals surface area (Å²) in [6.07, 6.45) is -4.94. The normalized spacial score (nSPS) is 11.1. The molecule has 0 unspecified atom stereocenters. The number of alkyl halides is 4. The fourth-order valence-electron chi connectivity index (χ4n) is 1.02. The Labute approximate surface area is 91.7 Å². The molecular formula is C8H5F4NO4. The minimum absolute atomic E-state index is 0.588. The van der Waals surface area contributed by atoms with Crippen LogP contribution in [-0.4, -0.2) is 18.1 Å². The highest BCUT2D eigenvalue weighted by Gasteiger charge is 2.32. The molecule has 0 heterocycles. The number of rotatable bonds is 4. The summed E-state index contributed by atoms with van der Waals surface area (Å²) in [6.45, 7) is -1.41. The highest BCUT2D eigenvalue weighted by molar-refractivity contribution is 5.50. The number of benzene rings is 1. The van der Waals surface area contributed by atoms with E-state index in [0.29, 0.717) is 6.07 Å². The molecule has 0 aliphatic rings. The van der Waals surface area contributed by atoms with Crippen LogP contribution in [0.3, 0.4) is 0 Å². The Bertz CT molecular complexity index is 420. The Morgan fingerprint density at radius 2 is 2.00 bits per heavy atom. The lowest BCUT2D eigenvalue weighted by molar-refractivity contribution is -0.386. The summed E-state index contributed by atoms with van der Waals surface area (Å²) in [4.78, 5) is 9.52. The topological polar surface area (TPSA) is 61.6 Å². The van der Waals surface area contributed by atoms with Crippen LogP contribution in [-0.2, 0) is 0 Å². The zero-order valence-electron chi connectivity index (χ0n) is 8.03. The summed E-state index contributed by atoms with van der Waals surface area (Å²) >= 11 is 0. The van der Waals surface area contributed by atoms with Crippen molar-refractivity contribution in [3.05, 3.63) is 28.3 Å². The first-order valence-electron chi connectivity index (χ1n) is 4.06. The SMILES string of the molecule is O=[N+]([O-])c1ccc(OC(F)(F)F)cc1OCF. The Kier molecular flexibility index (Phi) is 3.71. The number of nitro benzene ring substituents is 1. The van der Waals surface area contributed by atoms with E-state index in [4.69, 9.17) is 0 Å². The fraction of sp³-hybridized carbons (Fsp3) is 0.250. The largest absolute Gasteiger partial charge is 0.573 e. The minimum atomic E-state index is -4.94. The molecule has 1 rings (SSSR count). The molecule has 0 amide bonds. The van der Waals surface area contributed by atoms with Crippen molar-refractivity contribution in [2.75, 3.05) is 6.86 Å². The second-order valence-electron chi connectivity index (χ2n) is 2.69. The van der Waals surface area contributed by atoms with Gasteiger partial charge in [0, 0.05) is 12.1 Å². The summed E-state index contributed by atoms with van der Waals surface area (Å²) in [5.41, 5.74) is -0.655. The molecule has 0 bridgehead atoms. The van der Waals surface area contributed by atoms with Gasteiger partial charge in [-0.05, 0) is 6.07 Å². The van der Waals surface area contributed by atoms with E-state index >= 15 is 0 Å². The monoisotopic (exact) mass is 255 g/mol. The lowest BCUT2D eigenvalue weighted by Crippen LogP contribution is -2.17. The molecule has 17 heavy (non-hydrogen) atoms. The molecule has 94 valence electrons. The van der Waals surface area contributed by atoms with Crippen LogP contribution in [0.2, 0.25) is 0 Å². The molecule has 0 saturated heterocycles. The quantitative estimate of drug-likeness (QED) is 0.471. The van der Waals surface area contributed by atoms with Crippen molar-refractivity contribution in [2.24, 2.45) is 0 Å². The number of hydrogen-bond acceptors (Lipinski definition) is 4. The highest BCUT2D eigenvalue weighted by atomic mass is 19.4. The van der Waals surface area contributed by atoms with Gasteiger partial charge in [0.25, 0.3) is 0 Å². The summed E-state index contributed by atoms with van der Waals surface area (Å²) in [6, 6.07) is 2.05. The average Bonchev–Trinajstić information content (AvgIpc) is 2.15. The third-order valence-corrected chi connectivity index (χ3v) is 1.57. The molecule has 0 fully saturated rings. The van der Waals surface area contributed by atoms with Crippen molar-refractivity contribution >= 4 is 5.69 Å². The Hall–Kier alpha value is -2.06.